The summed E-state index contributed by atoms with van der Waals surface area (Å²) in [5, 5.41) is 5.39. The SMILES string of the molecule is Cc1cccc(C(C(=O)NCc2ccccc2)N(C(=O)C(CC(N)=O)NC(=O)OC(C)(C)C)C(C)C)c1. The van der Waals surface area contributed by atoms with Crippen LogP contribution in [0.1, 0.15) is 63.8 Å². The number of benzene rings is 2. The first-order chi connectivity index (χ1) is 17.3. The summed E-state index contributed by atoms with van der Waals surface area (Å²) in [4.78, 5) is 53.2. The van der Waals surface area contributed by atoms with E-state index < -0.39 is 54.0 Å². The number of nitrogens with two attached hydrogens (primary N) is 1. The van der Waals surface area contributed by atoms with Crippen LogP contribution in [0.25, 0.3) is 0 Å². The van der Waals surface area contributed by atoms with Gasteiger partial charge in [-0.25, -0.2) is 4.79 Å². The number of hydrogen-bond donors (Lipinski definition) is 3. The average molecular weight is 511 g/mol. The molecule has 9 nitrogen and oxygen atoms in total. The third-order valence-corrected chi connectivity index (χ3v) is 5.40. The van der Waals surface area contributed by atoms with Gasteiger partial charge in [-0.3, -0.25) is 14.4 Å². The van der Waals surface area contributed by atoms with E-state index in [9.17, 15) is 19.2 Å². The maximum atomic E-state index is 13.9. The molecule has 37 heavy (non-hydrogen) atoms. The van der Waals surface area contributed by atoms with Crippen molar-refractivity contribution in [1.82, 2.24) is 15.5 Å². The average Bonchev–Trinajstić information content (AvgIpc) is 2.79. The summed E-state index contributed by atoms with van der Waals surface area (Å²) >= 11 is 0. The van der Waals surface area contributed by atoms with Crippen LogP contribution in [0.4, 0.5) is 4.79 Å². The third-order valence-electron chi connectivity index (χ3n) is 5.40. The molecule has 2 aromatic rings. The molecule has 0 aliphatic heterocycles. The van der Waals surface area contributed by atoms with Crippen LogP contribution in [0.3, 0.4) is 0 Å². The van der Waals surface area contributed by atoms with Gasteiger partial charge in [0.25, 0.3) is 0 Å². The smallest absolute Gasteiger partial charge is 0.408 e. The van der Waals surface area contributed by atoms with E-state index in [1.165, 1.54) is 4.90 Å². The second-order valence-corrected chi connectivity index (χ2v) is 10.2. The van der Waals surface area contributed by atoms with Crippen molar-refractivity contribution in [3.05, 3.63) is 71.3 Å². The van der Waals surface area contributed by atoms with E-state index in [2.05, 4.69) is 10.6 Å². The van der Waals surface area contributed by atoms with Crippen LogP contribution in [-0.2, 0) is 25.7 Å². The van der Waals surface area contributed by atoms with Gasteiger partial charge >= 0.3 is 6.09 Å². The fourth-order valence-electron chi connectivity index (χ4n) is 3.87. The predicted octanol–water partition coefficient (Wildman–Crippen LogP) is 3.36. The van der Waals surface area contributed by atoms with Gasteiger partial charge in [-0.2, -0.15) is 0 Å². The van der Waals surface area contributed by atoms with E-state index in [-0.39, 0.29) is 6.54 Å². The highest BCUT2D eigenvalue weighted by molar-refractivity contribution is 5.94. The number of hydrogen-bond acceptors (Lipinski definition) is 5. The number of alkyl carbamates (subject to hydrolysis) is 1. The minimum Gasteiger partial charge on any atom is -0.444 e. The molecule has 2 aromatic carbocycles. The first-order valence-electron chi connectivity index (χ1n) is 12.3. The first kappa shape index (κ1) is 29.4. The molecule has 2 rings (SSSR count). The molecule has 2 unspecified atom stereocenters. The van der Waals surface area contributed by atoms with E-state index in [0.717, 1.165) is 11.1 Å². The minimum atomic E-state index is -1.32. The Hall–Kier alpha value is -3.88. The highest BCUT2D eigenvalue weighted by Gasteiger charge is 2.38. The number of ether oxygens (including phenoxy) is 1. The molecule has 0 bridgehead atoms. The minimum absolute atomic E-state index is 0.267. The van der Waals surface area contributed by atoms with Crippen molar-refractivity contribution in [1.29, 1.82) is 0 Å². The van der Waals surface area contributed by atoms with Crippen molar-refractivity contribution in [2.75, 3.05) is 0 Å². The molecule has 9 heteroatoms. The number of carbonyl (C=O) groups is 4. The number of amides is 4. The monoisotopic (exact) mass is 510 g/mol. The molecular weight excluding hydrogens is 472 g/mol. The zero-order chi connectivity index (χ0) is 27.8. The molecule has 0 saturated heterocycles. The lowest BCUT2D eigenvalue weighted by atomic mass is 9.99. The second kappa shape index (κ2) is 12.9. The Morgan fingerprint density at radius 2 is 1.65 bits per heavy atom. The van der Waals surface area contributed by atoms with Gasteiger partial charge in [-0.15, -0.1) is 0 Å². The Bertz CT molecular complexity index is 1100. The predicted molar refractivity (Wildman–Crippen MR) is 141 cm³/mol. The highest BCUT2D eigenvalue weighted by atomic mass is 16.6. The zero-order valence-electron chi connectivity index (χ0n) is 22.4. The summed E-state index contributed by atoms with van der Waals surface area (Å²) in [6, 6.07) is 13.9. The molecule has 4 N–H and O–H groups in total. The number of nitrogens with zero attached hydrogens (tertiary/aromatic N) is 1. The molecule has 0 radical (unpaired) electrons. The molecule has 0 aromatic heterocycles. The normalized spacial score (nSPS) is 12.8. The molecule has 0 saturated carbocycles. The Balaban J connectivity index is 2.45. The second-order valence-electron chi connectivity index (χ2n) is 10.2. The summed E-state index contributed by atoms with van der Waals surface area (Å²) in [5.74, 6) is -1.80. The summed E-state index contributed by atoms with van der Waals surface area (Å²) < 4.78 is 5.28. The van der Waals surface area contributed by atoms with Crippen LogP contribution in [-0.4, -0.2) is 46.4 Å². The van der Waals surface area contributed by atoms with Crippen LogP contribution >= 0.6 is 0 Å². The highest BCUT2D eigenvalue weighted by Crippen LogP contribution is 2.26. The van der Waals surface area contributed by atoms with Crippen molar-refractivity contribution >= 4 is 23.8 Å². The number of rotatable bonds is 10. The third kappa shape index (κ3) is 9.25. The van der Waals surface area contributed by atoms with Crippen LogP contribution in [0, 0.1) is 6.92 Å². The van der Waals surface area contributed by atoms with Crippen molar-refractivity contribution in [3.8, 4) is 0 Å². The van der Waals surface area contributed by atoms with Crippen molar-refractivity contribution in [2.24, 2.45) is 5.73 Å². The molecular formula is C28H38N4O5. The quantitative estimate of drug-likeness (QED) is 0.451. The summed E-state index contributed by atoms with van der Waals surface area (Å²) in [6.07, 6.45) is -1.32. The summed E-state index contributed by atoms with van der Waals surface area (Å²) in [5.41, 5.74) is 7.01. The number of aryl methyl sites for hydroxylation is 1. The van der Waals surface area contributed by atoms with Crippen LogP contribution in [0.5, 0.6) is 0 Å². The molecule has 0 fully saturated rings. The van der Waals surface area contributed by atoms with Gasteiger partial charge in [0.15, 0.2) is 0 Å². The lowest BCUT2D eigenvalue weighted by Gasteiger charge is -2.37. The van der Waals surface area contributed by atoms with Crippen LogP contribution in [0.2, 0.25) is 0 Å². The van der Waals surface area contributed by atoms with Crippen molar-refractivity contribution in [2.45, 2.75) is 78.2 Å². The van der Waals surface area contributed by atoms with Gasteiger partial charge < -0.3 is 26.0 Å². The van der Waals surface area contributed by atoms with Gasteiger partial charge in [0.05, 0.1) is 6.42 Å². The lowest BCUT2D eigenvalue weighted by molar-refractivity contribution is -0.145. The van der Waals surface area contributed by atoms with Gasteiger partial charge in [-0.1, -0.05) is 60.2 Å². The fraction of sp³-hybridized carbons (Fsp3) is 0.429. The van der Waals surface area contributed by atoms with Gasteiger partial charge in [0.1, 0.15) is 17.7 Å². The zero-order valence-corrected chi connectivity index (χ0v) is 22.4. The molecule has 4 amide bonds. The number of nitrogens with one attached hydrogen (secondary N) is 2. The number of carbonyl (C=O) groups excluding carboxylic acids is 4. The van der Waals surface area contributed by atoms with Crippen LogP contribution in [0.15, 0.2) is 54.6 Å². The molecule has 200 valence electrons. The lowest BCUT2D eigenvalue weighted by Crippen LogP contribution is -2.55. The molecule has 2 atom stereocenters. The van der Waals surface area contributed by atoms with E-state index in [0.29, 0.717) is 5.56 Å². The summed E-state index contributed by atoms with van der Waals surface area (Å²) in [6.45, 7) is 10.7. The van der Waals surface area contributed by atoms with Crippen LogP contribution < -0.4 is 16.4 Å². The first-order valence-corrected chi connectivity index (χ1v) is 12.3. The fourth-order valence-corrected chi connectivity index (χ4v) is 3.87. The van der Waals surface area contributed by atoms with E-state index in [1.54, 1.807) is 40.7 Å². The molecule has 0 spiro atoms. The van der Waals surface area contributed by atoms with E-state index >= 15 is 0 Å². The molecule has 0 aliphatic rings. The number of primary amides is 1. The van der Waals surface area contributed by atoms with E-state index in [4.69, 9.17) is 10.5 Å². The van der Waals surface area contributed by atoms with Crippen molar-refractivity contribution < 1.29 is 23.9 Å². The summed E-state index contributed by atoms with van der Waals surface area (Å²) in [7, 11) is 0. The van der Waals surface area contributed by atoms with Crippen molar-refractivity contribution in [3.63, 3.8) is 0 Å². The van der Waals surface area contributed by atoms with Gasteiger partial charge in [-0.05, 0) is 52.7 Å². The topological polar surface area (TPSA) is 131 Å². The Morgan fingerprint density at radius 1 is 1.00 bits per heavy atom. The molecule has 0 aliphatic carbocycles. The molecule has 0 heterocycles. The van der Waals surface area contributed by atoms with Gasteiger partial charge in [0.2, 0.25) is 17.7 Å². The van der Waals surface area contributed by atoms with E-state index in [1.807, 2.05) is 55.5 Å². The maximum Gasteiger partial charge on any atom is 0.408 e. The maximum absolute atomic E-state index is 13.9. The largest absolute Gasteiger partial charge is 0.444 e. The van der Waals surface area contributed by atoms with Gasteiger partial charge in [0, 0.05) is 12.6 Å². The Labute approximate surface area is 218 Å². The standard InChI is InChI=1S/C28H38N4O5/c1-18(2)32(26(35)22(16-23(29)33)31-27(36)37-28(4,5)6)24(21-14-10-11-19(3)15-21)25(34)30-17-20-12-8-7-9-13-20/h7-15,18,22,24H,16-17H2,1-6H3,(H2,29,33)(H,30,34)(H,31,36). The Kier molecular flexibility index (Phi) is 10.2. The Morgan fingerprint density at radius 3 is 2.19 bits per heavy atom.